The van der Waals surface area contributed by atoms with Crippen LogP contribution < -0.4 is 4.90 Å². The van der Waals surface area contributed by atoms with E-state index in [4.69, 9.17) is 19.2 Å². The molecule has 152 valence electrons. The van der Waals surface area contributed by atoms with Crippen molar-refractivity contribution >= 4 is 23.5 Å². The number of morpholine rings is 1. The summed E-state index contributed by atoms with van der Waals surface area (Å²) in [4.78, 5) is 19.1. The third-order valence-corrected chi connectivity index (χ3v) is 5.96. The van der Waals surface area contributed by atoms with Gasteiger partial charge in [0.2, 0.25) is 0 Å². The van der Waals surface area contributed by atoms with Gasteiger partial charge in [-0.25, -0.2) is 4.98 Å². The van der Waals surface area contributed by atoms with Gasteiger partial charge in [-0.1, -0.05) is 11.8 Å². The molecule has 3 heterocycles. The zero-order chi connectivity index (χ0) is 20.3. The molecule has 3 rings (SSSR count). The van der Waals surface area contributed by atoms with Crippen molar-refractivity contribution in [1.82, 2.24) is 4.98 Å². The van der Waals surface area contributed by atoms with Gasteiger partial charge in [0.25, 0.3) is 0 Å². The molecule has 1 saturated heterocycles. The van der Waals surface area contributed by atoms with Crippen LogP contribution in [0, 0.1) is 11.3 Å². The molecule has 1 aromatic rings. The number of carbonyl (C=O) groups is 1. The standard InChI is InChI=1S/C20H27N3O4S/c1-5-26-19(24)13(2)28-18-15(11-21)14-10-20(3,4)27-12-16(14)17(22-18)23-6-8-25-9-7-23/h13H,5-10,12H2,1-4H3/t13-/m1/s1. The third kappa shape index (κ3) is 4.43. The summed E-state index contributed by atoms with van der Waals surface area (Å²) in [6, 6.07) is 2.33. The average molecular weight is 406 g/mol. The molecule has 0 unspecified atom stereocenters. The smallest absolute Gasteiger partial charge is 0.319 e. The first-order valence-electron chi connectivity index (χ1n) is 9.62. The van der Waals surface area contributed by atoms with Gasteiger partial charge in [-0.3, -0.25) is 4.79 Å². The molecular weight excluding hydrogens is 378 g/mol. The SMILES string of the molecule is CCOC(=O)[C@@H](C)Sc1nc(N2CCOCC2)c2c(c1C#N)CC(C)(C)OC2. The minimum Gasteiger partial charge on any atom is -0.465 e. The number of thioether (sulfide) groups is 1. The Balaban J connectivity index is 2.05. The van der Waals surface area contributed by atoms with E-state index < -0.39 is 5.25 Å². The fraction of sp³-hybridized carbons (Fsp3) is 0.650. The number of anilines is 1. The molecule has 0 N–H and O–H groups in total. The van der Waals surface area contributed by atoms with E-state index in [1.165, 1.54) is 11.8 Å². The predicted molar refractivity (Wildman–Crippen MR) is 107 cm³/mol. The fourth-order valence-electron chi connectivity index (χ4n) is 3.44. The van der Waals surface area contributed by atoms with Crippen LogP contribution in [-0.4, -0.2) is 54.7 Å². The van der Waals surface area contributed by atoms with E-state index in [1.807, 2.05) is 13.8 Å². The van der Waals surface area contributed by atoms with Gasteiger partial charge >= 0.3 is 5.97 Å². The van der Waals surface area contributed by atoms with E-state index in [2.05, 4.69) is 11.0 Å². The lowest BCUT2D eigenvalue weighted by Gasteiger charge is -2.37. The first-order valence-corrected chi connectivity index (χ1v) is 10.5. The number of nitrogens with zero attached hydrogens (tertiary/aromatic N) is 3. The van der Waals surface area contributed by atoms with Crippen LogP contribution in [-0.2, 0) is 32.0 Å². The Kier molecular flexibility index (Phi) is 6.48. The Hall–Kier alpha value is -1.82. The van der Waals surface area contributed by atoms with Gasteiger partial charge in [0, 0.05) is 25.1 Å². The van der Waals surface area contributed by atoms with E-state index in [0.29, 0.717) is 43.4 Å². The quantitative estimate of drug-likeness (QED) is 0.546. The van der Waals surface area contributed by atoms with E-state index in [1.54, 1.807) is 13.8 Å². The summed E-state index contributed by atoms with van der Waals surface area (Å²) in [6.45, 7) is 11.2. The summed E-state index contributed by atoms with van der Waals surface area (Å²) in [7, 11) is 0. The first-order chi connectivity index (χ1) is 13.4. The molecule has 28 heavy (non-hydrogen) atoms. The summed E-state index contributed by atoms with van der Waals surface area (Å²) < 4.78 is 16.6. The van der Waals surface area contributed by atoms with Gasteiger partial charge in [-0.15, -0.1) is 0 Å². The van der Waals surface area contributed by atoms with Crippen LogP contribution in [0.2, 0.25) is 0 Å². The van der Waals surface area contributed by atoms with Crippen molar-refractivity contribution in [2.45, 2.75) is 56.6 Å². The van der Waals surface area contributed by atoms with E-state index in [-0.39, 0.29) is 11.6 Å². The maximum atomic E-state index is 12.1. The fourth-order valence-corrected chi connectivity index (χ4v) is 4.36. The highest BCUT2D eigenvalue weighted by molar-refractivity contribution is 8.00. The van der Waals surface area contributed by atoms with Gasteiger partial charge < -0.3 is 19.1 Å². The molecule has 1 atom stereocenters. The minimum atomic E-state index is -0.442. The maximum Gasteiger partial charge on any atom is 0.319 e. The maximum absolute atomic E-state index is 12.1. The minimum absolute atomic E-state index is 0.299. The molecule has 0 saturated carbocycles. The second-order valence-electron chi connectivity index (χ2n) is 7.52. The predicted octanol–water partition coefficient (Wildman–Crippen LogP) is 2.68. The van der Waals surface area contributed by atoms with E-state index in [0.717, 1.165) is 30.0 Å². The molecule has 0 aliphatic carbocycles. The first kappa shape index (κ1) is 20.9. The Bertz CT molecular complexity index is 785. The zero-order valence-corrected chi connectivity index (χ0v) is 17.7. The van der Waals surface area contributed by atoms with E-state index >= 15 is 0 Å². The average Bonchev–Trinajstić information content (AvgIpc) is 2.67. The molecule has 1 fully saturated rings. The van der Waals surface area contributed by atoms with Gasteiger partial charge in [0.05, 0.1) is 37.6 Å². The molecule has 0 bridgehead atoms. The highest BCUT2D eigenvalue weighted by atomic mass is 32.2. The lowest BCUT2D eigenvalue weighted by atomic mass is 9.89. The van der Waals surface area contributed by atoms with Crippen LogP contribution >= 0.6 is 11.8 Å². The molecule has 7 nitrogen and oxygen atoms in total. The Labute approximate surface area is 170 Å². The molecule has 1 aromatic heterocycles. The molecule has 0 radical (unpaired) electrons. The summed E-state index contributed by atoms with van der Waals surface area (Å²) in [5.41, 5.74) is 2.15. The number of rotatable bonds is 5. The lowest BCUT2D eigenvalue weighted by Crippen LogP contribution is -2.40. The van der Waals surface area contributed by atoms with Gasteiger partial charge in [0.15, 0.2) is 0 Å². The van der Waals surface area contributed by atoms with Crippen LogP contribution in [0.1, 0.15) is 44.4 Å². The van der Waals surface area contributed by atoms with Crippen LogP contribution in [0.4, 0.5) is 5.82 Å². The molecule has 2 aliphatic rings. The Morgan fingerprint density at radius 2 is 2.11 bits per heavy atom. The summed E-state index contributed by atoms with van der Waals surface area (Å²) in [6.07, 6.45) is 0.631. The number of hydrogen-bond donors (Lipinski definition) is 0. The van der Waals surface area contributed by atoms with Crippen molar-refractivity contribution in [2.75, 3.05) is 37.8 Å². The Morgan fingerprint density at radius 3 is 2.75 bits per heavy atom. The highest BCUT2D eigenvalue weighted by Gasteiger charge is 2.34. The molecule has 0 aromatic carbocycles. The van der Waals surface area contributed by atoms with Gasteiger partial charge in [-0.2, -0.15) is 5.26 Å². The van der Waals surface area contributed by atoms with Crippen LogP contribution in [0.3, 0.4) is 0 Å². The van der Waals surface area contributed by atoms with Crippen molar-refractivity contribution < 1.29 is 19.0 Å². The topological polar surface area (TPSA) is 84.7 Å². The number of nitriles is 1. The van der Waals surface area contributed by atoms with Crippen LogP contribution in [0.15, 0.2) is 5.03 Å². The lowest BCUT2D eigenvalue weighted by molar-refractivity contribution is -0.142. The van der Waals surface area contributed by atoms with Crippen LogP contribution in [0.25, 0.3) is 0 Å². The van der Waals surface area contributed by atoms with Crippen molar-refractivity contribution in [3.8, 4) is 6.07 Å². The number of ether oxygens (including phenoxy) is 3. The summed E-state index contributed by atoms with van der Waals surface area (Å²) >= 11 is 1.29. The Morgan fingerprint density at radius 1 is 1.39 bits per heavy atom. The number of fused-ring (bicyclic) bond motifs is 1. The summed E-state index contributed by atoms with van der Waals surface area (Å²) in [5.74, 6) is 0.541. The van der Waals surface area contributed by atoms with E-state index in [9.17, 15) is 10.1 Å². The summed E-state index contributed by atoms with van der Waals surface area (Å²) in [5, 5.41) is 10.0. The molecule has 0 spiro atoms. The van der Waals surface area contributed by atoms with Crippen LogP contribution in [0.5, 0.6) is 0 Å². The zero-order valence-electron chi connectivity index (χ0n) is 16.9. The van der Waals surface area contributed by atoms with Crippen molar-refractivity contribution in [3.63, 3.8) is 0 Å². The molecule has 0 amide bonds. The normalized spacial score (nSPS) is 19.5. The molecular formula is C20H27N3O4S. The largest absolute Gasteiger partial charge is 0.465 e. The van der Waals surface area contributed by atoms with Gasteiger partial charge in [0.1, 0.15) is 22.2 Å². The number of carbonyl (C=O) groups excluding carboxylic acids is 1. The van der Waals surface area contributed by atoms with Gasteiger partial charge in [-0.05, 0) is 33.3 Å². The highest BCUT2D eigenvalue weighted by Crippen LogP contribution is 2.39. The van der Waals surface area contributed by atoms with Crippen molar-refractivity contribution in [3.05, 3.63) is 16.7 Å². The second-order valence-corrected chi connectivity index (χ2v) is 8.85. The molecule has 2 aliphatic heterocycles. The third-order valence-electron chi connectivity index (χ3n) is 4.90. The molecule has 8 heteroatoms. The monoisotopic (exact) mass is 405 g/mol. The number of esters is 1. The van der Waals surface area contributed by atoms with Crippen molar-refractivity contribution in [1.29, 1.82) is 5.26 Å². The second kappa shape index (κ2) is 8.68. The number of pyridine rings is 1. The van der Waals surface area contributed by atoms with Crippen molar-refractivity contribution in [2.24, 2.45) is 0 Å². The number of aromatic nitrogens is 1. The number of hydrogen-bond acceptors (Lipinski definition) is 8.